The third-order valence-corrected chi connectivity index (χ3v) is 4.44. The Morgan fingerprint density at radius 1 is 1.17 bits per heavy atom. The van der Waals surface area contributed by atoms with Crippen LogP contribution in [0, 0.1) is 11.3 Å². The van der Waals surface area contributed by atoms with Gasteiger partial charge in [0.15, 0.2) is 0 Å². The number of nitrogens with zero attached hydrogens (tertiary/aromatic N) is 2. The maximum atomic E-state index is 12.6. The molecule has 0 atom stereocenters. The molecule has 1 aromatic heterocycles. The van der Waals surface area contributed by atoms with E-state index in [0.717, 1.165) is 10.9 Å². The normalized spacial score (nSPS) is 11.0. The lowest BCUT2D eigenvalue weighted by molar-refractivity contribution is -0.143. The second kappa shape index (κ2) is 9.43. The van der Waals surface area contributed by atoms with Crippen molar-refractivity contribution < 1.29 is 19.1 Å². The topological polar surface area (TPSA) is 93.4 Å². The quantitative estimate of drug-likeness (QED) is 0.368. The molecule has 0 bridgehead atoms. The maximum absolute atomic E-state index is 12.6. The number of methoxy groups -OCH3 is 1. The molecule has 0 aliphatic rings. The fourth-order valence-electron chi connectivity index (χ4n) is 3.04. The molecule has 3 rings (SSSR count). The molecule has 0 saturated carbocycles. The molecule has 0 radical (unpaired) electrons. The zero-order valence-corrected chi connectivity index (χ0v) is 16.7. The average molecular weight is 403 g/mol. The summed E-state index contributed by atoms with van der Waals surface area (Å²) in [6.07, 6.45) is 3.25. The van der Waals surface area contributed by atoms with E-state index in [4.69, 9.17) is 9.47 Å². The third kappa shape index (κ3) is 4.67. The predicted molar refractivity (Wildman–Crippen MR) is 114 cm³/mol. The zero-order valence-electron chi connectivity index (χ0n) is 16.7. The average Bonchev–Trinajstić information content (AvgIpc) is 3.09. The Labute approximate surface area is 174 Å². The summed E-state index contributed by atoms with van der Waals surface area (Å²) in [5.41, 5.74) is 1.97. The molecule has 1 amide bonds. The number of anilines is 1. The van der Waals surface area contributed by atoms with Gasteiger partial charge in [-0.15, -0.1) is 0 Å². The van der Waals surface area contributed by atoms with E-state index in [1.165, 1.54) is 6.08 Å². The molecule has 0 aliphatic heterocycles. The van der Waals surface area contributed by atoms with Gasteiger partial charge in [-0.3, -0.25) is 9.59 Å². The SMILES string of the molecule is CCOC(=O)Cn1cc(/C=C(\C#N)C(=O)Nc2ccc(OC)cc2)c2ccccc21. The number of nitriles is 1. The number of rotatable bonds is 7. The molecule has 7 nitrogen and oxygen atoms in total. The first-order valence-electron chi connectivity index (χ1n) is 9.36. The molecule has 152 valence electrons. The van der Waals surface area contributed by atoms with Crippen molar-refractivity contribution in [2.24, 2.45) is 0 Å². The van der Waals surface area contributed by atoms with Crippen molar-refractivity contribution in [2.45, 2.75) is 13.5 Å². The lowest BCUT2D eigenvalue weighted by atomic mass is 10.1. The Morgan fingerprint density at radius 3 is 2.57 bits per heavy atom. The van der Waals surface area contributed by atoms with Crippen LogP contribution in [0.5, 0.6) is 5.75 Å². The van der Waals surface area contributed by atoms with E-state index in [1.807, 2.05) is 30.3 Å². The zero-order chi connectivity index (χ0) is 21.5. The first-order chi connectivity index (χ1) is 14.5. The van der Waals surface area contributed by atoms with Crippen LogP contribution in [-0.2, 0) is 20.9 Å². The summed E-state index contributed by atoms with van der Waals surface area (Å²) in [6.45, 7) is 2.09. The van der Waals surface area contributed by atoms with Gasteiger partial charge in [0.25, 0.3) is 5.91 Å². The highest BCUT2D eigenvalue weighted by Gasteiger charge is 2.14. The second-order valence-electron chi connectivity index (χ2n) is 6.39. The number of esters is 1. The van der Waals surface area contributed by atoms with Crippen molar-refractivity contribution >= 4 is 34.5 Å². The Bertz CT molecular complexity index is 1140. The smallest absolute Gasteiger partial charge is 0.325 e. The van der Waals surface area contributed by atoms with Crippen LogP contribution in [0.2, 0.25) is 0 Å². The molecule has 0 saturated heterocycles. The van der Waals surface area contributed by atoms with E-state index in [-0.39, 0.29) is 18.1 Å². The Balaban J connectivity index is 1.90. The number of ether oxygens (including phenoxy) is 2. The fraction of sp³-hybridized carbons (Fsp3) is 0.174. The van der Waals surface area contributed by atoms with Crippen molar-refractivity contribution in [1.82, 2.24) is 4.57 Å². The first-order valence-corrected chi connectivity index (χ1v) is 9.36. The van der Waals surface area contributed by atoms with Gasteiger partial charge in [0.2, 0.25) is 0 Å². The Morgan fingerprint density at radius 2 is 1.90 bits per heavy atom. The first kappa shape index (κ1) is 20.7. The predicted octanol–water partition coefficient (Wildman–Crippen LogP) is 3.76. The van der Waals surface area contributed by atoms with Crippen LogP contribution in [-0.4, -0.2) is 30.2 Å². The van der Waals surface area contributed by atoms with Gasteiger partial charge < -0.3 is 19.4 Å². The molecule has 3 aromatic rings. The Hall–Kier alpha value is -4.05. The van der Waals surface area contributed by atoms with Crippen molar-refractivity contribution in [3.05, 3.63) is 65.9 Å². The van der Waals surface area contributed by atoms with Gasteiger partial charge >= 0.3 is 5.97 Å². The molecule has 1 heterocycles. The molecule has 0 aliphatic carbocycles. The molecule has 1 N–H and O–H groups in total. The highest BCUT2D eigenvalue weighted by Crippen LogP contribution is 2.24. The third-order valence-electron chi connectivity index (χ3n) is 4.44. The molecular formula is C23H21N3O4. The highest BCUT2D eigenvalue weighted by atomic mass is 16.5. The molecule has 30 heavy (non-hydrogen) atoms. The monoisotopic (exact) mass is 403 g/mol. The molecule has 0 unspecified atom stereocenters. The number of nitrogens with one attached hydrogen (secondary N) is 1. The minimum Gasteiger partial charge on any atom is -0.497 e. The van der Waals surface area contributed by atoms with Gasteiger partial charge in [-0.25, -0.2) is 0 Å². The number of amides is 1. The second-order valence-corrected chi connectivity index (χ2v) is 6.39. The van der Waals surface area contributed by atoms with Crippen LogP contribution in [0.3, 0.4) is 0 Å². The highest BCUT2D eigenvalue weighted by molar-refractivity contribution is 6.10. The minimum absolute atomic E-state index is 0.0438. The number of para-hydroxylation sites is 1. The van der Waals surface area contributed by atoms with E-state index in [1.54, 1.807) is 49.1 Å². The summed E-state index contributed by atoms with van der Waals surface area (Å²) < 4.78 is 11.9. The van der Waals surface area contributed by atoms with Crippen molar-refractivity contribution in [3.63, 3.8) is 0 Å². The number of carbonyl (C=O) groups excluding carboxylic acids is 2. The number of carbonyl (C=O) groups is 2. The lowest BCUT2D eigenvalue weighted by Crippen LogP contribution is -2.13. The lowest BCUT2D eigenvalue weighted by Gasteiger charge is -2.05. The molecule has 0 spiro atoms. The minimum atomic E-state index is -0.523. The molecule has 7 heteroatoms. The van der Waals surface area contributed by atoms with Gasteiger partial charge in [-0.05, 0) is 43.3 Å². The number of hydrogen-bond donors (Lipinski definition) is 1. The van der Waals surface area contributed by atoms with Crippen molar-refractivity contribution in [1.29, 1.82) is 5.26 Å². The van der Waals surface area contributed by atoms with E-state index in [0.29, 0.717) is 23.6 Å². The number of benzene rings is 2. The van der Waals surface area contributed by atoms with Crippen LogP contribution < -0.4 is 10.1 Å². The molecular weight excluding hydrogens is 382 g/mol. The number of hydrogen-bond acceptors (Lipinski definition) is 5. The van der Waals surface area contributed by atoms with Crippen LogP contribution in [0.4, 0.5) is 5.69 Å². The van der Waals surface area contributed by atoms with Gasteiger partial charge in [-0.2, -0.15) is 5.26 Å². The summed E-state index contributed by atoms with van der Waals surface area (Å²) in [4.78, 5) is 24.5. The van der Waals surface area contributed by atoms with Gasteiger partial charge in [-0.1, -0.05) is 18.2 Å². The summed E-state index contributed by atoms with van der Waals surface area (Å²) in [5.74, 6) is -0.213. The van der Waals surface area contributed by atoms with Gasteiger partial charge in [0, 0.05) is 28.4 Å². The Kier molecular flexibility index (Phi) is 6.50. The van der Waals surface area contributed by atoms with Crippen LogP contribution >= 0.6 is 0 Å². The summed E-state index contributed by atoms with van der Waals surface area (Å²) in [5, 5.41) is 13.1. The van der Waals surface area contributed by atoms with Gasteiger partial charge in [0.05, 0.1) is 13.7 Å². The van der Waals surface area contributed by atoms with Crippen molar-refractivity contribution in [2.75, 3.05) is 19.0 Å². The standard InChI is InChI=1S/C23H21N3O4/c1-3-30-22(27)15-26-14-17(20-6-4-5-7-21(20)26)12-16(13-24)23(28)25-18-8-10-19(29-2)11-9-18/h4-12,14H,3,15H2,1-2H3,(H,25,28)/b16-12+. The van der Waals surface area contributed by atoms with Crippen LogP contribution in [0.1, 0.15) is 12.5 Å². The fourth-order valence-corrected chi connectivity index (χ4v) is 3.04. The van der Waals surface area contributed by atoms with Crippen molar-refractivity contribution in [3.8, 4) is 11.8 Å². The van der Waals surface area contributed by atoms with Crippen LogP contribution in [0.25, 0.3) is 17.0 Å². The van der Waals surface area contributed by atoms with E-state index >= 15 is 0 Å². The number of fused-ring (bicyclic) bond motifs is 1. The summed E-state index contributed by atoms with van der Waals surface area (Å²) in [7, 11) is 1.56. The summed E-state index contributed by atoms with van der Waals surface area (Å²) in [6, 6.07) is 16.2. The van der Waals surface area contributed by atoms with E-state index in [9.17, 15) is 14.9 Å². The molecule has 2 aromatic carbocycles. The summed E-state index contributed by atoms with van der Waals surface area (Å²) >= 11 is 0. The van der Waals surface area contributed by atoms with Gasteiger partial charge in [0.1, 0.15) is 23.9 Å². The maximum Gasteiger partial charge on any atom is 0.325 e. The van der Waals surface area contributed by atoms with Crippen LogP contribution in [0.15, 0.2) is 60.3 Å². The van der Waals surface area contributed by atoms with E-state index in [2.05, 4.69) is 5.32 Å². The van der Waals surface area contributed by atoms with E-state index < -0.39 is 5.91 Å². The largest absolute Gasteiger partial charge is 0.497 e. The number of aromatic nitrogens is 1. The molecule has 0 fully saturated rings.